The molecule has 192 valence electrons. The van der Waals surface area contributed by atoms with Crippen LogP contribution in [0.5, 0.6) is 0 Å². The second-order valence-electron chi connectivity index (χ2n) is 10.4. The van der Waals surface area contributed by atoms with Gasteiger partial charge in [-0.05, 0) is 55.0 Å². The lowest BCUT2D eigenvalue weighted by molar-refractivity contribution is -0.122. The van der Waals surface area contributed by atoms with E-state index in [-0.39, 0.29) is 34.8 Å². The highest BCUT2D eigenvalue weighted by molar-refractivity contribution is 8.00. The largest absolute Gasteiger partial charge is 0.353 e. The molecule has 1 aromatic carbocycles. The predicted octanol–water partition coefficient (Wildman–Crippen LogP) is 4.39. The van der Waals surface area contributed by atoms with Crippen LogP contribution in [0.15, 0.2) is 41.1 Å². The summed E-state index contributed by atoms with van der Waals surface area (Å²) in [6.45, 7) is 9.71. The summed E-state index contributed by atoms with van der Waals surface area (Å²) in [5.41, 5.74) is 4.81. The number of thiophene rings is 1. The van der Waals surface area contributed by atoms with Crippen LogP contribution >= 0.6 is 23.1 Å². The first-order valence-electron chi connectivity index (χ1n) is 12.1. The summed E-state index contributed by atoms with van der Waals surface area (Å²) in [5.74, 6) is 0.724. The molecule has 3 heterocycles. The maximum atomic E-state index is 13.6. The first kappa shape index (κ1) is 26.4. The van der Waals surface area contributed by atoms with Crippen molar-refractivity contribution in [1.82, 2.24) is 20.0 Å². The monoisotopic (exact) mass is 525 g/mol. The second-order valence-corrected chi connectivity index (χ2v) is 12.3. The fourth-order valence-corrected chi connectivity index (χ4v) is 6.31. The lowest BCUT2D eigenvalue weighted by atomic mass is 9.87. The van der Waals surface area contributed by atoms with Crippen LogP contribution in [0.25, 0.3) is 5.69 Å². The Morgan fingerprint density at radius 1 is 1.22 bits per heavy atom. The van der Waals surface area contributed by atoms with Crippen LogP contribution in [0.4, 0.5) is 5.82 Å². The highest BCUT2D eigenvalue weighted by Gasteiger charge is 2.40. The smallest absolute Gasteiger partial charge is 0.240 e. The quantitative estimate of drug-likeness (QED) is 0.496. The minimum absolute atomic E-state index is 0.0443. The average Bonchev–Trinajstić information content (AvgIpc) is 3.44. The Labute approximate surface area is 221 Å². The molecular weight excluding hydrogens is 490 g/mol. The summed E-state index contributed by atoms with van der Waals surface area (Å²) >= 11 is 3.26. The molecule has 3 aromatic rings. The number of likely N-dealkylation sites (N-methyl/N-ethyl adjacent to an activating group) is 1. The van der Waals surface area contributed by atoms with E-state index in [0.29, 0.717) is 12.4 Å². The summed E-state index contributed by atoms with van der Waals surface area (Å²) in [5, 5.41) is 12.3. The van der Waals surface area contributed by atoms with E-state index in [1.54, 1.807) is 28.0 Å². The van der Waals surface area contributed by atoms with Crippen molar-refractivity contribution < 1.29 is 9.59 Å². The summed E-state index contributed by atoms with van der Waals surface area (Å²) in [7, 11) is 3.93. The number of hydrogen-bond donors (Lipinski definition) is 1. The predicted molar refractivity (Wildman–Crippen MR) is 150 cm³/mol. The molecule has 1 aliphatic heterocycles. The number of nitrogens with zero attached hydrogens (tertiary/aromatic N) is 4. The Morgan fingerprint density at radius 3 is 2.61 bits per heavy atom. The molecule has 7 nitrogen and oxygen atoms in total. The van der Waals surface area contributed by atoms with Crippen LogP contribution in [-0.4, -0.2) is 66.0 Å². The van der Waals surface area contributed by atoms with Crippen LogP contribution in [0.1, 0.15) is 48.4 Å². The van der Waals surface area contributed by atoms with Crippen LogP contribution in [0.2, 0.25) is 0 Å². The van der Waals surface area contributed by atoms with E-state index in [4.69, 9.17) is 5.10 Å². The third kappa shape index (κ3) is 5.53. The molecule has 0 aliphatic carbocycles. The topological polar surface area (TPSA) is 70.5 Å². The van der Waals surface area contributed by atoms with Crippen LogP contribution in [0, 0.1) is 6.92 Å². The number of para-hydroxylation sites is 1. The number of aryl methyl sites for hydroxylation is 1. The molecule has 1 atom stereocenters. The van der Waals surface area contributed by atoms with Gasteiger partial charge < -0.3 is 10.2 Å². The number of carbonyl (C=O) groups is 2. The number of fused-ring (bicyclic) bond motifs is 1. The van der Waals surface area contributed by atoms with Gasteiger partial charge in [-0.15, -0.1) is 11.8 Å². The second kappa shape index (κ2) is 10.8. The average molecular weight is 526 g/mol. The highest BCUT2D eigenvalue weighted by atomic mass is 32.2. The van der Waals surface area contributed by atoms with E-state index in [0.717, 1.165) is 34.6 Å². The van der Waals surface area contributed by atoms with Gasteiger partial charge in [0.15, 0.2) is 0 Å². The van der Waals surface area contributed by atoms with Gasteiger partial charge in [-0.3, -0.25) is 14.5 Å². The molecule has 0 radical (unpaired) electrons. The van der Waals surface area contributed by atoms with Gasteiger partial charge >= 0.3 is 0 Å². The zero-order chi connectivity index (χ0) is 26.0. The van der Waals surface area contributed by atoms with Crippen LogP contribution in [-0.2, 0) is 15.0 Å². The van der Waals surface area contributed by atoms with Gasteiger partial charge in [-0.1, -0.05) is 39.0 Å². The minimum Gasteiger partial charge on any atom is -0.353 e. The fourth-order valence-electron chi connectivity index (χ4n) is 4.35. The third-order valence-corrected chi connectivity index (χ3v) is 8.13. The number of rotatable bonds is 7. The Morgan fingerprint density at radius 2 is 1.97 bits per heavy atom. The van der Waals surface area contributed by atoms with Gasteiger partial charge in [0.2, 0.25) is 11.8 Å². The Balaban J connectivity index is 1.91. The number of benzene rings is 1. The first-order valence-corrected chi connectivity index (χ1v) is 14.1. The highest BCUT2D eigenvalue weighted by Crippen LogP contribution is 2.48. The maximum Gasteiger partial charge on any atom is 0.240 e. The van der Waals surface area contributed by atoms with Crippen molar-refractivity contribution in [3.05, 3.63) is 63.5 Å². The zero-order valence-corrected chi connectivity index (χ0v) is 23.5. The number of anilines is 1. The molecule has 0 fully saturated rings. The van der Waals surface area contributed by atoms with E-state index in [9.17, 15) is 9.59 Å². The van der Waals surface area contributed by atoms with E-state index < -0.39 is 0 Å². The molecule has 9 heteroatoms. The molecule has 0 spiro atoms. The molecule has 0 saturated carbocycles. The van der Waals surface area contributed by atoms with Crippen LogP contribution < -0.4 is 10.2 Å². The van der Waals surface area contributed by atoms with Crippen molar-refractivity contribution in [2.24, 2.45) is 0 Å². The molecule has 4 rings (SSSR count). The maximum absolute atomic E-state index is 13.6. The molecule has 1 N–H and O–H groups in total. The number of amides is 2. The molecule has 2 aromatic heterocycles. The number of hydrogen-bond acceptors (Lipinski definition) is 6. The van der Waals surface area contributed by atoms with Gasteiger partial charge in [0.25, 0.3) is 0 Å². The van der Waals surface area contributed by atoms with Crippen molar-refractivity contribution in [2.75, 3.05) is 44.4 Å². The molecule has 1 aliphatic rings. The number of aromatic nitrogens is 2. The van der Waals surface area contributed by atoms with Gasteiger partial charge in [-0.2, -0.15) is 16.4 Å². The molecule has 2 amide bonds. The zero-order valence-electron chi connectivity index (χ0n) is 21.9. The van der Waals surface area contributed by atoms with Crippen molar-refractivity contribution in [1.29, 1.82) is 0 Å². The molecule has 36 heavy (non-hydrogen) atoms. The Bertz CT molecular complexity index is 1230. The summed E-state index contributed by atoms with van der Waals surface area (Å²) in [4.78, 5) is 30.3. The van der Waals surface area contributed by atoms with E-state index >= 15 is 0 Å². The fraction of sp³-hybridized carbons (Fsp3) is 0.444. The lowest BCUT2D eigenvalue weighted by Crippen LogP contribution is -2.43. The van der Waals surface area contributed by atoms with Crippen molar-refractivity contribution in [2.45, 2.75) is 38.4 Å². The summed E-state index contributed by atoms with van der Waals surface area (Å²) in [6, 6.07) is 10.2. The van der Waals surface area contributed by atoms with E-state index in [1.807, 2.05) is 54.9 Å². The number of nitrogens with one attached hydrogen (secondary N) is 1. The van der Waals surface area contributed by atoms with Gasteiger partial charge in [0.1, 0.15) is 12.4 Å². The van der Waals surface area contributed by atoms with Crippen LogP contribution in [0.3, 0.4) is 0 Å². The third-order valence-electron chi connectivity index (χ3n) is 6.17. The number of thioether (sulfide) groups is 1. The van der Waals surface area contributed by atoms with Gasteiger partial charge in [0, 0.05) is 24.1 Å². The summed E-state index contributed by atoms with van der Waals surface area (Å²) < 4.78 is 1.89. The Hall–Kier alpha value is -2.62. The minimum atomic E-state index is -0.264. The molecule has 0 bridgehead atoms. The standard InChI is InChI=1S/C27H35N5O2S2/c1-18-9-7-8-10-20(18)32-26-23(25(29-32)27(2,3)4)24(19-11-14-35-16-19)36-17-22(34)31(26)15-21(33)28-12-13-30(5)6/h7-11,14,16,24H,12-13,15,17H2,1-6H3,(H,28,33). The molecular formula is C27H35N5O2S2. The number of carbonyl (C=O) groups excluding carboxylic acids is 2. The molecule has 1 unspecified atom stereocenters. The summed E-state index contributed by atoms with van der Waals surface area (Å²) in [6.07, 6.45) is 0. The van der Waals surface area contributed by atoms with Crippen molar-refractivity contribution in [3.63, 3.8) is 0 Å². The SMILES string of the molecule is Cc1ccccc1-n1nc(C(C)(C)C)c2c1N(CC(=O)NCCN(C)C)C(=O)CSC2c1ccsc1. The van der Waals surface area contributed by atoms with Crippen molar-refractivity contribution in [3.8, 4) is 5.69 Å². The van der Waals surface area contributed by atoms with Crippen molar-refractivity contribution >= 4 is 40.7 Å². The normalized spacial score (nSPS) is 16.2. The van der Waals surface area contributed by atoms with Gasteiger partial charge in [-0.25, -0.2) is 4.68 Å². The van der Waals surface area contributed by atoms with E-state index in [1.165, 1.54) is 0 Å². The first-order chi connectivity index (χ1) is 17.1. The van der Waals surface area contributed by atoms with E-state index in [2.05, 4.69) is 42.9 Å². The van der Waals surface area contributed by atoms with Gasteiger partial charge in [0.05, 0.1) is 22.4 Å². The molecule has 0 saturated heterocycles. The lowest BCUT2D eigenvalue weighted by Gasteiger charge is -2.24. The Kier molecular flexibility index (Phi) is 7.92.